The minimum Gasteiger partial charge on any atom is -0.297 e. The van der Waals surface area contributed by atoms with Gasteiger partial charge in [-0.05, 0) is 19.1 Å². The van der Waals surface area contributed by atoms with Crippen molar-refractivity contribution in [3.8, 4) is 11.4 Å². The number of aromatic nitrogens is 3. The molecule has 0 atom stereocenters. The van der Waals surface area contributed by atoms with E-state index in [1.807, 2.05) is 0 Å². The predicted octanol–water partition coefficient (Wildman–Crippen LogP) is 2.69. The molecular weight excluding hydrogens is 316 g/mol. The summed E-state index contributed by atoms with van der Waals surface area (Å²) in [5.74, 6) is -0.599. The first-order chi connectivity index (χ1) is 8.86. The number of benzene rings is 1. The van der Waals surface area contributed by atoms with Crippen LogP contribution >= 0.6 is 22.3 Å². The molecule has 0 radical (unpaired) electrons. The zero-order valence-electron chi connectivity index (χ0n) is 9.64. The minimum atomic E-state index is -4.06. The summed E-state index contributed by atoms with van der Waals surface area (Å²) in [7, 11) is 1.18. The van der Waals surface area contributed by atoms with E-state index in [0.717, 1.165) is 0 Å². The molecule has 1 aromatic heterocycles. The van der Waals surface area contributed by atoms with Crippen molar-refractivity contribution < 1.29 is 12.8 Å². The maximum atomic E-state index is 13.8. The molecule has 0 amide bonds. The van der Waals surface area contributed by atoms with Crippen molar-refractivity contribution in [2.75, 3.05) is 0 Å². The van der Waals surface area contributed by atoms with Gasteiger partial charge in [0.15, 0.2) is 5.82 Å². The SMILES string of the molecule is CCn1c(-c2c(F)cccc2Cl)nnc1S(=O)(=O)Cl. The van der Waals surface area contributed by atoms with E-state index < -0.39 is 20.0 Å². The molecular formula is C10H8Cl2FN3O2S. The van der Waals surface area contributed by atoms with E-state index in [1.165, 1.54) is 22.8 Å². The summed E-state index contributed by atoms with van der Waals surface area (Å²) >= 11 is 5.91. The first-order valence-electron chi connectivity index (χ1n) is 5.18. The van der Waals surface area contributed by atoms with Gasteiger partial charge in [0.05, 0.1) is 10.6 Å². The third-order valence-corrected chi connectivity index (χ3v) is 3.90. The highest BCUT2D eigenvalue weighted by Gasteiger charge is 2.25. The lowest BCUT2D eigenvalue weighted by Gasteiger charge is -2.07. The fraction of sp³-hybridized carbons (Fsp3) is 0.200. The molecule has 9 heteroatoms. The lowest BCUT2D eigenvalue weighted by Crippen LogP contribution is -2.07. The van der Waals surface area contributed by atoms with Crippen LogP contribution in [0.25, 0.3) is 11.4 Å². The molecule has 0 unspecified atom stereocenters. The van der Waals surface area contributed by atoms with Gasteiger partial charge in [-0.1, -0.05) is 17.7 Å². The second kappa shape index (κ2) is 5.07. The van der Waals surface area contributed by atoms with Gasteiger partial charge in [0.2, 0.25) is 0 Å². The number of rotatable bonds is 3. The van der Waals surface area contributed by atoms with Gasteiger partial charge < -0.3 is 0 Å². The summed E-state index contributed by atoms with van der Waals surface area (Å²) in [6, 6.07) is 4.11. The van der Waals surface area contributed by atoms with Crippen molar-refractivity contribution in [2.45, 2.75) is 18.6 Å². The van der Waals surface area contributed by atoms with Crippen molar-refractivity contribution in [1.29, 1.82) is 0 Å². The van der Waals surface area contributed by atoms with Crippen molar-refractivity contribution in [2.24, 2.45) is 0 Å². The van der Waals surface area contributed by atoms with Gasteiger partial charge in [0.1, 0.15) is 5.82 Å². The lowest BCUT2D eigenvalue weighted by atomic mass is 10.2. The van der Waals surface area contributed by atoms with Crippen LogP contribution in [0, 0.1) is 5.82 Å². The number of nitrogens with zero attached hydrogens (tertiary/aromatic N) is 3. The van der Waals surface area contributed by atoms with Crippen LogP contribution in [0.3, 0.4) is 0 Å². The standard InChI is InChI=1S/C10H8Cl2FN3O2S/c1-2-16-9(14-15-10(16)19(12,17)18)8-6(11)4-3-5-7(8)13/h3-5H,2H2,1H3. The first-order valence-corrected chi connectivity index (χ1v) is 7.87. The fourth-order valence-electron chi connectivity index (χ4n) is 1.65. The third-order valence-electron chi connectivity index (χ3n) is 2.44. The van der Waals surface area contributed by atoms with Crippen LogP contribution in [0.5, 0.6) is 0 Å². The minimum absolute atomic E-state index is 0.00918. The molecule has 0 spiro atoms. The van der Waals surface area contributed by atoms with Crippen LogP contribution in [0.1, 0.15) is 6.92 Å². The van der Waals surface area contributed by atoms with Gasteiger partial charge in [-0.2, -0.15) is 0 Å². The Bertz CT molecular complexity index is 710. The maximum absolute atomic E-state index is 13.8. The molecule has 0 fully saturated rings. The number of hydrogen-bond acceptors (Lipinski definition) is 4. The highest BCUT2D eigenvalue weighted by Crippen LogP contribution is 2.30. The summed E-state index contributed by atoms with van der Waals surface area (Å²) in [4.78, 5) is 0. The van der Waals surface area contributed by atoms with E-state index in [-0.39, 0.29) is 23.0 Å². The second-order valence-electron chi connectivity index (χ2n) is 3.58. The molecule has 1 aromatic carbocycles. The van der Waals surface area contributed by atoms with Crippen LogP contribution in [0.4, 0.5) is 4.39 Å². The highest BCUT2D eigenvalue weighted by molar-refractivity contribution is 8.13. The van der Waals surface area contributed by atoms with Crippen molar-refractivity contribution in [1.82, 2.24) is 14.8 Å². The zero-order chi connectivity index (χ0) is 14.2. The van der Waals surface area contributed by atoms with E-state index in [9.17, 15) is 12.8 Å². The largest absolute Gasteiger partial charge is 0.297 e. The van der Waals surface area contributed by atoms with E-state index >= 15 is 0 Å². The fourth-order valence-corrected chi connectivity index (χ4v) is 2.86. The smallest absolute Gasteiger partial charge is 0.296 e. The molecule has 2 aromatic rings. The predicted molar refractivity (Wildman–Crippen MR) is 69.1 cm³/mol. The Kier molecular flexibility index (Phi) is 3.80. The van der Waals surface area contributed by atoms with Crippen LogP contribution in [-0.4, -0.2) is 23.2 Å². The third kappa shape index (κ3) is 2.58. The van der Waals surface area contributed by atoms with Crippen molar-refractivity contribution in [3.63, 3.8) is 0 Å². The van der Waals surface area contributed by atoms with Crippen LogP contribution in [-0.2, 0) is 15.6 Å². The van der Waals surface area contributed by atoms with E-state index in [2.05, 4.69) is 10.2 Å². The van der Waals surface area contributed by atoms with E-state index in [1.54, 1.807) is 6.92 Å². The van der Waals surface area contributed by atoms with Crippen molar-refractivity contribution >= 4 is 31.3 Å². The topological polar surface area (TPSA) is 64.8 Å². The maximum Gasteiger partial charge on any atom is 0.296 e. The molecule has 0 saturated carbocycles. The average molecular weight is 324 g/mol. The molecule has 0 saturated heterocycles. The Morgan fingerprint density at radius 3 is 2.58 bits per heavy atom. The summed E-state index contributed by atoms with van der Waals surface area (Å²) < 4.78 is 37.7. The lowest BCUT2D eigenvalue weighted by molar-refractivity contribution is 0.581. The Labute approximate surface area is 118 Å². The van der Waals surface area contributed by atoms with E-state index in [4.69, 9.17) is 22.3 Å². The van der Waals surface area contributed by atoms with E-state index in [0.29, 0.717) is 0 Å². The molecule has 19 heavy (non-hydrogen) atoms. The summed E-state index contributed by atoms with van der Waals surface area (Å²) in [6.45, 7) is 1.86. The van der Waals surface area contributed by atoms with Gasteiger partial charge in [0, 0.05) is 17.2 Å². The van der Waals surface area contributed by atoms with Crippen LogP contribution < -0.4 is 0 Å². The van der Waals surface area contributed by atoms with Gasteiger partial charge >= 0.3 is 0 Å². The van der Waals surface area contributed by atoms with Gasteiger partial charge in [-0.25, -0.2) is 12.8 Å². The van der Waals surface area contributed by atoms with Gasteiger partial charge in [-0.3, -0.25) is 4.57 Å². The number of halogens is 3. The second-order valence-corrected chi connectivity index (χ2v) is 6.45. The molecule has 102 valence electrons. The molecule has 0 aliphatic carbocycles. The Hall–Kier alpha value is -1.18. The Morgan fingerprint density at radius 2 is 2.05 bits per heavy atom. The molecule has 0 bridgehead atoms. The summed E-state index contributed by atoms with van der Waals surface area (Å²) in [6.07, 6.45) is 0. The molecule has 0 N–H and O–H groups in total. The highest BCUT2D eigenvalue weighted by atomic mass is 35.7. The van der Waals surface area contributed by atoms with Gasteiger partial charge in [-0.15, -0.1) is 10.2 Å². The molecule has 0 aliphatic rings. The van der Waals surface area contributed by atoms with Gasteiger partial charge in [0.25, 0.3) is 14.2 Å². The Balaban J connectivity index is 2.75. The van der Waals surface area contributed by atoms with Crippen molar-refractivity contribution in [3.05, 3.63) is 29.0 Å². The van der Waals surface area contributed by atoms with Crippen LogP contribution in [0.15, 0.2) is 23.4 Å². The average Bonchev–Trinajstić information content (AvgIpc) is 2.72. The molecule has 2 rings (SSSR count). The normalized spacial score (nSPS) is 11.8. The number of hydrogen-bond donors (Lipinski definition) is 0. The Morgan fingerprint density at radius 1 is 1.37 bits per heavy atom. The quantitative estimate of drug-likeness (QED) is 0.814. The summed E-state index contributed by atoms with van der Waals surface area (Å²) in [5.41, 5.74) is -0.00918. The molecule has 0 aliphatic heterocycles. The summed E-state index contributed by atoms with van der Waals surface area (Å²) in [5, 5.41) is 6.83. The monoisotopic (exact) mass is 323 g/mol. The zero-order valence-corrected chi connectivity index (χ0v) is 12.0. The van der Waals surface area contributed by atoms with Crippen LogP contribution in [0.2, 0.25) is 5.02 Å². The molecule has 1 heterocycles. The first kappa shape index (κ1) is 14.2. The molecule has 5 nitrogen and oxygen atoms in total.